The third-order valence-electron chi connectivity index (χ3n) is 6.40. The summed E-state index contributed by atoms with van der Waals surface area (Å²) in [4.78, 5) is 16.6. The Kier molecular flexibility index (Phi) is 5.26. The molecule has 3 heterocycles. The van der Waals surface area contributed by atoms with Gasteiger partial charge in [-0.1, -0.05) is 18.2 Å². The minimum absolute atomic E-state index is 0.0828. The summed E-state index contributed by atoms with van der Waals surface area (Å²) in [5, 5.41) is 2.89. The largest absolute Gasteiger partial charge is 0.485 e. The summed E-state index contributed by atoms with van der Waals surface area (Å²) in [7, 11) is 0. The van der Waals surface area contributed by atoms with Crippen LogP contribution in [0, 0.1) is 0 Å². The highest BCUT2D eigenvalue weighted by Gasteiger charge is 2.33. The predicted molar refractivity (Wildman–Crippen MR) is 122 cm³/mol. The van der Waals surface area contributed by atoms with E-state index in [1.54, 1.807) is 0 Å². The Morgan fingerprint density at radius 2 is 1.94 bits per heavy atom. The smallest absolute Gasteiger partial charge is 0.262 e. The lowest BCUT2D eigenvalue weighted by molar-refractivity contribution is -0.118. The zero-order chi connectivity index (χ0) is 21.4. The molecule has 0 aromatic heterocycles. The molecule has 1 N–H and O–H groups in total. The Morgan fingerprint density at radius 3 is 2.77 bits per heavy atom. The molecule has 6 nitrogen and oxygen atoms in total. The molecule has 0 saturated carbocycles. The van der Waals surface area contributed by atoms with Crippen molar-refractivity contribution in [2.45, 2.75) is 38.7 Å². The van der Waals surface area contributed by atoms with E-state index in [1.165, 1.54) is 16.8 Å². The molecule has 0 unspecified atom stereocenters. The number of carbonyl (C=O) groups is 1. The maximum Gasteiger partial charge on any atom is 0.262 e. The molecular formula is C25H31N3O3. The van der Waals surface area contributed by atoms with Crippen LogP contribution in [0.2, 0.25) is 0 Å². The number of ether oxygens (including phenoxy) is 2. The molecule has 1 amide bonds. The van der Waals surface area contributed by atoms with E-state index in [0.717, 1.165) is 69.2 Å². The normalized spacial score (nSPS) is 19.8. The van der Waals surface area contributed by atoms with E-state index < -0.39 is 0 Å². The molecule has 5 rings (SSSR count). The quantitative estimate of drug-likeness (QED) is 0.801. The molecule has 2 aromatic rings. The molecule has 6 heteroatoms. The van der Waals surface area contributed by atoms with Crippen molar-refractivity contribution in [1.82, 2.24) is 4.90 Å². The van der Waals surface area contributed by atoms with Crippen molar-refractivity contribution in [3.8, 4) is 11.5 Å². The molecule has 0 aliphatic carbocycles. The zero-order valence-electron chi connectivity index (χ0n) is 18.4. The summed E-state index contributed by atoms with van der Waals surface area (Å²) < 4.78 is 11.7. The van der Waals surface area contributed by atoms with Crippen molar-refractivity contribution in [2.75, 3.05) is 49.5 Å². The van der Waals surface area contributed by atoms with E-state index in [4.69, 9.17) is 9.47 Å². The third kappa shape index (κ3) is 4.35. The molecule has 0 spiro atoms. The lowest BCUT2D eigenvalue weighted by Gasteiger charge is -2.37. The van der Waals surface area contributed by atoms with Gasteiger partial charge in [0.25, 0.3) is 5.91 Å². The van der Waals surface area contributed by atoms with Gasteiger partial charge in [0.2, 0.25) is 0 Å². The number of carbonyl (C=O) groups excluding carboxylic acids is 1. The number of hydrogen-bond acceptors (Lipinski definition) is 5. The number of para-hydroxylation sites is 1. The number of anilines is 2. The molecule has 0 atom stereocenters. The van der Waals surface area contributed by atoms with Crippen LogP contribution in [0.3, 0.4) is 0 Å². The second-order valence-corrected chi connectivity index (χ2v) is 9.40. The minimum Gasteiger partial charge on any atom is -0.485 e. The van der Waals surface area contributed by atoms with Crippen LogP contribution in [0.15, 0.2) is 36.4 Å². The fourth-order valence-corrected chi connectivity index (χ4v) is 4.85. The molecule has 0 bridgehead atoms. The molecule has 3 aliphatic rings. The van der Waals surface area contributed by atoms with Crippen molar-refractivity contribution in [2.24, 2.45) is 0 Å². The number of nitrogens with zero attached hydrogens (tertiary/aromatic N) is 2. The first kappa shape index (κ1) is 20.2. The van der Waals surface area contributed by atoms with E-state index in [-0.39, 0.29) is 18.1 Å². The Labute approximate surface area is 184 Å². The van der Waals surface area contributed by atoms with E-state index in [9.17, 15) is 4.79 Å². The third-order valence-corrected chi connectivity index (χ3v) is 6.40. The summed E-state index contributed by atoms with van der Waals surface area (Å²) in [5.74, 6) is 1.77. The maximum absolute atomic E-state index is 11.5. The first-order chi connectivity index (χ1) is 15.0. The van der Waals surface area contributed by atoms with Gasteiger partial charge in [0.1, 0.15) is 17.1 Å². The summed E-state index contributed by atoms with van der Waals surface area (Å²) in [6, 6.07) is 12.7. The second kappa shape index (κ2) is 8.08. The van der Waals surface area contributed by atoms with E-state index in [2.05, 4.69) is 53.2 Å². The molecule has 1 saturated heterocycles. The van der Waals surface area contributed by atoms with Crippen LogP contribution in [0.1, 0.15) is 31.4 Å². The van der Waals surface area contributed by atoms with Gasteiger partial charge in [-0.2, -0.15) is 0 Å². The Bertz CT molecular complexity index is 980. The molecule has 0 radical (unpaired) electrons. The first-order valence-corrected chi connectivity index (χ1v) is 11.3. The number of nitrogens with one attached hydrogen (secondary N) is 1. The van der Waals surface area contributed by atoms with Gasteiger partial charge in [-0.3, -0.25) is 9.69 Å². The number of amides is 1. The molecule has 1 fully saturated rings. The number of benzene rings is 2. The minimum atomic E-state index is -0.105. The van der Waals surface area contributed by atoms with Gasteiger partial charge < -0.3 is 19.7 Å². The van der Waals surface area contributed by atoms with Crippen LogP contribution < -0.4 is 19.7 Å². The van der Waals surface area contributed by atoms with Crippen LogP contribution in [0.4, 0.5) is 11.4 Å². The maximum atomic E-state index is 11.5. The number of hydrogen-bond donors (Lipinski definition) is 1. The highest BCUT2D eigenvalue weighted by Crippen LogP contribution is 2.42. The topological polar surface area (TPSA) is 54.0 Å². The van der Waals surface area contributed by atoms with Gasteiger partial charge in [0.05, 0.1) is 11.4 Å². The lowest BCUT2D eigenvalue weighted by Crippen LogP contribution is -2.46. The van der Waals surface area contributed by atoms with Crippen LogP contribution in [-0.4, -0.2) is 55.7 Å². The van der Waals surface area contributed by atoms with Crippen molar-refractivity contribution in [3.05, 3.63) is 47.5 Å². The molecule has 164 valence electrons. The van der Waals surface area contributed by atoms with E-state index in [1.807, 2.05) is 12.1 Å². The van der Waals surface area contributed by atoms with E-state index >= 15 is 0 Å². The van der Waals surface area contributed by atoms with Gasteiger partial charge in [0, 0.05) is 38.2 Å². The van der Waals surface area contributed by atoms with Crippen LogP contribution in [-0.2, 0) is 17.6 Å². The summed E-state index contributed by atoms with van der Waals surface area (Å²) in [6.45, 7) is 9.72. The Morgan fingerprint density at radius 1 is 1.10 bits per heavy atom. The van der Waals surface area contributed by atoms with Crippen LogP contribution >= 0.6 is 0 Å². The molecular weight excluding hydrogens is 390 g/mol. The fraction of sp³-hybridized carbons (Fsp3) is 0.480. The number of piperazine rings is 1. The Balaban J connectivity index is 1.12. The van der Waals surface area contributed by atoms with Gasteiger partial charge in [-0.05, 0) is 57.0 Å². The van der Waals surface area contributed by atoms with Crippen molar-refractivity contribution >= 4 is 17.3 Å². The molecule has 31 heavy (non-hydrogen) atoms. The average molecular weight is 422 g/mol. The average Bonchev–Trinajstić information content (AvgIpc) is 3.08. The first-order valence-electron chi connectivity index (χ1n) is 11.3. The second-order valence-electron chi connectivity index (χ2n) is 9.40. The SMILES string of the molecule is CC1(C)Cc2cccc(N3CCN(CCCc4ccc5c(c4)NC(=O)CO5)CC3)c2O1. The van der Waals surface area contributed by atoms with Gasteiger partial charge >= 0.3 is 0 Å². The van der Waals surface area contributed by atoms with Crippen molar-refractivity contribution in [1.29, 1.82) is 0 Å². The number of rotatable bonds is 5. The summed E-state index contributed by atoms with van der Waals surface area (Å²) in [5.41, 5.74) is 4.51. The summed E-state index contributed by atoms with van der Waals surface area (Å²) in [6.07, 6.45) is 3.08. The molecule has 3 aliphatic heterocycles. The zero-order valence-corrected chi connectivity index (χ0v) is 18.4. The van der Waals surface area contributed by atoms with Gasteiger partial charge in [0.15, 0.2) is 6.61 Å². The highest BCUT2D eigenvalue weighted by atomic mass is 16.5. The van der Waals surface area contributed by atoms with Gasteiger partial charge in [-0.15, -0.1) is 0 Å². The number of fused-ring (bicyclic) bond motifs is 2. The van der Waals surface area contributed by atoms with Crippen molar-refractivity contribution < 1.29 is 14.3 Å². The lowest BCUT2D eigenvalue weighted by atomic mass is 10.0. The van der Waals surface area contributed by atoms with Crippen LogP contribution in [0.5, 0.6) is 11.5 Å². The predicted octanol–water partition coefficient (Wildman–Crippen LogP) is 3.49. The Hall–Kier alpha value is -2.73. The van der Waals surface area contributed by atoms with Crippen LogP contribution in [0.25, 0.3) is 0 Å². The van der Waals surface area contributed by atoms with Crippen molar-refractivity contribution in [3.63, 3.8) is 0 Å². The standard InChI is InChI=1S/C25H31N3O3/c1-25(2)16-19-6-3-7-21(24(19)31-25)28-13-11-27(12-14-28)10-4-5-18-8-9-22-20(15-18)26-23(29)17-30-22/h3,6-9,15H,4-5,10-14,16-17H2,1-2H3,(H,26,29). The summed E-state index contributed by atoms with van der Waals surface area (Å²) >= 11 is 0. The number of aryl methyl sites for hydroxylation is 1. The van der Waals surface area contributed by atoms with E-state index in [0.29, 0.717) is 0 Å². The van der Waals surface area contributed by atoms with Gasteiger partial charge in [-0.25, -0.2) is 0 Å². The fourth-order valence-electron chi connectivity index (χ4n) is 4.85. The monoisotopic (exact) mass is 421 g/mol. The molecule has 2 aromatic carbocycles. The highest BCUT2D eigenvalue weighted by molar-refractivity contribution is 5.95.